The topological polar surface area (TPSA) is 52.0 Å². The Balaban J connectivity index is 2.15. The fraction of sp³-hybridized carbons (Fsp3) is 0.429. The molecule has 102 valence electrons. The van der Waals surface area contributed by atoms with E-state index < -0.39 is 0 Å². The van der Waals surface area contributed by atoms with Crippen LogP contribution in [-0.2, 0) is 13.0 Å². The van der Waals surface area contributed by atoms with E-state index in [0.717, 1.165) is 24.5 Å². The number of hydrogen-bond acceptors (Lipinski definition) is 4. The van der Waals surface area contributed by atoms with Crippen LogP contribution in [-0.4, -0.2) is 28.9 Å². The number of likely N-dealkylation sites (N-methyl/N-ethyl adjacent to an activating group) is 1. The SMILES string of the molecule is CCn1ncnc1CC(NC)c1ccc(OC)cc1. The van der Waals surface area contributed by atoms with Crippen LogP contribution in [0.25, 0.3) is 0 Å². The first-order chi connectivity index (χ1) is 9.28. The molecular weight excluding hydrogens is 240 g/mol. The van der Waals surface area contributed by atoms with Gasteiger partial charge in [0, 0.05) is 19.0 Å². The summed E-state index contributed by atoms with van der Waals surface area (Å²) in [5.41, 5.74) is 1.22. The van der Waals surface area contributed by atoms with Gasteiger partial charge in [-0.1, -0.05) is 12.1 Å². The molecule has 0 saturated heterocycles. The van der Waals surface area contributed by atoms with E-state index in [9.17, 15) is 0 Å². The van der Waals surface area contributed by atoms with Gasteiger partial charge in [-0.15, -0.1) is 0 Å². The zero-order valence-corrected chi connectivity index (χ0v) is 11.6. The van der Waals surface area contributed by atoms with Gasteiger partial charge in [0.1, 0.15) is 17.9 Å². The lowest BCUT2D eigenvalue weighted by Gasteiger charge is -2.16. The average molecular weight is 260 g/mol. The summed E-state index contributed by atoms with van der Waals surface area (Å²) < 4.78 is 7.10. The van der Waals surface area contributed by atoms with E-state index in [1.807, 2.05) is 23.9 Å². The predicted octanol–water partition coefficient (Wildman–Crippen LogP) is 1.81. The first-order valence-electron chi connectivity index (χ1n) is 6.46. The summed E-state index contributed by atoms with van der Waals surface area (Å²) >= 11 is 0. The second kappa shape index (κ2) is 6.33. The maximum absolute atomic E-state index is 5.18. The number of nitrogens with zero attached hydrogens (tertiary/aromatic N) is 3. The molecule has 0 radical (unpaired) electrons. The Morgan fingerprint density at radius 2 is 2.05 bits per heavy atom. The molecular formula is C14H20N4O. The van der Waals surface area contributed by atoms with Crippen molar-refractivity contribution < 1.29 is 4.74 Å². The van der Waals surface area contributed by atoms with Crippen molar-refractivity contribution in [3.05, 3.63) is 42.0 Å². The second-order valence-electron chi connectivity index (χ2n) is 4.31. The van der Waals surface area contributed by atoms with Crippen molar-refractivity contribution >= 4 is 0 Å². The molecule has 0 saturated carbocycles. The van der Waals surface area contributed by atoms with E-state index in [1.54, 1.807) is 13.4 Å². The van der Waals surface area contributed by atoms with Crippen molar-refractivity contribution in [2.24, 2.45) is 0 Å². The fourth-order valence-electron chi connectivity index (χ4n) is 2.12. The van der Waals surface area contributed by atoms with E-state index in [-0.39, 0.29) is 6.04 Å². The van der Waals surface area contributed by atoms with Gasteiger partial charge in [0.15, 0.2) is 0 Å². The van der Waals surface area contributed by atoms with Crippen LogP contribution >= 0.6 is 0 Å². The molecule has 0 aliphatic rings. The third kappa shape index (κ3) is 3.12. The lowest BCUT2D eigenvalue weighted by molar-refractivity contribution is 0.414. The number of hydrogen-bond donors (Lipinski definition) is 1. The van der Waals surface area contributed by atoms with Crippen LogP contribution in [0, 0.1) is 0 Å². The molecule has 19 heavy (non-hydrogen) atoms. The monoisotopic (exact) mass is 260 g/mol. The highest BCUT2D eigenvalue weighted by atomic mass is 16.5. The lowest BCUT2D eigenvalue weighted by Crippen LogP contribution is -2.21. The predicted molar refractivity (Wildman–Crippen MR) is 74.2 cm³/mol. The van der Waals surface area contributed by atoms with Gasteiger partial charge in [-0.25, -0.2) is 4.98 Å². The molecule has 1 N–H and O–H groups in total. The summed E-state index contributed by atoms with van der Waals surface area (Å²) in [7, 11) is 3.63. The van der Waals surface area contributed by atoms with Gasteiger partial charge in [-0.2, -0.15) is 5.10 Å². The number of ether oxygens (including phenoxy) is 1. The third-order valence-electron chi connectivity index (χ3n) is 3.25. The van der Waals surface area contributed by atoms with Crippen molar-refractivity contribution in [3.63, 3.8) is 0 Å². The maximum Gasteiger partial charge on any atom is 0.138 e. The molecule has 2 aromatic rings. The van der Waals surface area contributed by atoms with Crippen LogP contribution in [0.4, 0.5) is 0 Å². The first kappa shape index (κ1) is 13.5. The van der Waals surface area contributed by atoms with Gasteiger partial charge in [0.05, 0.1) is 7.11 Å². The molecule has 0 bridgehead atoms. The molecule has 5 nitrogen and oxygen atoms in total. The van der Waals surface area contributed by atoms with Crippen molar-refractivity contribution in [2.45, 2.75) is 25.9 Å². The van der Waals surface area contributed by atoms with Crippen molar-refractivity contribution in [1.29, 1.82) is 0 Å². The summed E-state index contributed by atoms with van der Waals surface area (Å²) in [6.07, 6.45) is 2.43. The normalized spacial score (nSPS) is 12.4. The summed E-state index contributed by atoms with van der Waals surface area (Å²) in [5, 5.41) is 7.52. The largest absolute Gasteiger partial charge is 0.497 e. The van der Waals surface area contributed by atoms with Gasteiger partial charge in [-0.05, 0) is 31.7 Å². The zero-order valence-electron chi connectivity index (χ0n) is 11.6. The molecule has 0 fully saturated rings. The molecule has 1 aromatic heterocycles. The van der Waals surface area contributed by atoms with Crippen molar-refractivity contribution in [1.82, 2.24) is 20.1 Å². The highest BCUT2D eigenvalue weighted by Gasteiger charge is 2.13. The van der Waals surface area contributed by atoms with Gasteiger partial charge < -0.3 is 10.1 Å². The summed E-state index contributed by atoms with van der Waals surface area (Å²) in [5.74, 6) is 1.87. The molecule has 0 spiro atoms. The van der Waals surface area contributed by atoms with E-state index in [0.29, 0.717) is 0 Å². The maximum atomic E-state index is 5.18. The van der Waals surface area contributed by atoms with E-state index >= 15 is 0 Å². The Morgan fingerprint density at radius 3 is 2.63 bits per heavy atom. The number of aromatic nitrogens is 3. The number of rotatable bonds is 6. The molecule has 1 heterocycles. The van der Waals surface area contributed by atoms with Gasteiger partial charge in [-0.3, -0.25) is 4.68 Å². The second-order valence-corrected chi connectivity index (χ2v) is 4.31. The van der Waals surface area contributed by atoms with Gasteiger partial charge in [0.25, 0.3) is 0 Å². The summed E-state index contributed by atoms with van der Waals surface area (Å²) in [6.45, 7) is 2.91. The van der Waals surface area contributed by atoms with Crippen molar-refractivity contribution in [3.8, 4) is 5.75 Å². The quantitative estimate of drug-likeness (QED) is 0.860. The standard InChI is InChI=1S/C14H20N4O/c1-4-18-14(16-10-17-18)9-13(15-2)11-5-7-12(19-3)8-6-11/h5-8,10,13,15H,4,9H2,1-3H3. The molecule has 5 heteroatoms. The van der Waals surface area contributed by atoms with Gasteiger partial charge >= 0.3 is 0 Å². The minimum absolute atomic E-state index is 0.223. The number of aryl methyl sites for hydroxylation is 1. The zero-order chi connectivity index (χ0) is 13.7. The molecule has 1 atom stereocenters. The van der Waals surface area contributed by atoms with Crippen LogP contribution < -0.4 is 10.1 Å². The Hall–Kier alpha value is -1.88. The number of nitrogens with one attached hydrogen (secondary N) is 1. The Labute approximate surface area is 113 Å². The van der Waals surface area contributed by atoms with Crippen LogP contribution in [0.1, 0.15) is 24.4 Å². The fourth-order valence-corrected chi connectivity index (χ4v) is 2.12. The molecule has 0 aliphatic carbocycles. The number of benzene rings is 1. The van der Waals surface area contributed by atoms with Crippen LogP contribution in [0.2, 0.25) is 0 Å². The van der Waals surface area contributed by atoms with E-state index in [1.165, 1.54) is 5.56 Å². The summed E-state index contributed by atoms with van der Waals surface area (Å²) in [4.78, 5) is 4.32. The lowest BCUT2D eigenvalue weighted by atomic mass is 10.0. The smallest absolute Gasteiger partial charge is 0.138 e. The highest BCUT2D eigenvalue weighted by molar-refractivity contribution is 5.29. The van der Waals surface area contributed by atoms with Crippen LogP contribution in [0.15, 0.2) is 30.6 Å². The Morgan fingerprint density at radius 1 is 1.32 bits per heavy atom. The van der Waals surface area contributed by atoms with Crippen molar-refractivity contribution in [2.75, 3.05) is 14.2 Å². The average Bonchev–Trinajstić information content (AvgIpc) is 2.92. The minimum Gasteiger partial charge on any atom is -0.497 e. The van der Waals surface area contributed by atoms with E-state index in [2.05, 4.69) is 34.5 Å². The minimum atomic E-state index is 0.223. The molecule has 2 rings (SSSR count). The summed E-state index contributed by atoms with van der Waals surface area (Å²) in [6, 6.07) is 8.33. The third-order valence-corrected chi connectivity index (χ3v) is 3.25. The Kier molecular flexibility index (Phi) is 4.52. The number of methoxy groups -OCH3 is 1. The molecule has 1 unspecified atom stereocenters. The van der Waals surface area contributed by atoms with E-state index in [4.69, 9.17) is 4.74 Å². The highest BCUT2D eigenvalue weighted by Crippen LogP contribution is 2.20. The van der Waals surface area contributed by atoms with Crippen LogP contribution in [0.3, 0.4) is 0 Å². The van der Waals surface area contributed by atoms with Crippen LogP contribution in [0.5, 0.6) is 5.75 Å². The molecule has 1 aromatic carbocycles. The van der Waals surface area contributed by atoms with Gasteiger partial charge in [0.2, 0.25) is 0 Å². The molecule has 0 amide bonds. The molecule has 0 aliphatic heterocycles. The first-order valence-corrected chi connectivity index (χ1v) is 6.46. The Bertz CT molecular complexity index is 506.